The van der Waals surface area contributed by atoms with E-state index in [0.29, 0.717) is 26.1 Å². The lowest BCUT2D eigenvalue weighted by molar-refractivity contribution is -0.171. The van der Waals surface area contributed by atoms with Gasteiger partial charge in [0.25, 0.3) is 0 Å². The number of ether oxygens (including phenoxy) is 1. The second kappa shape index (κ2) is 6.03. The Hall–Kier alpha value is -1.31. The van der Waals surface area contributed by atoms with Gasteiger partial charge in [0.1, 0.15) is 6.04 Å². The van der Waals surface area contributed by atoms with Gasteiger partial charge in [-0.1, -0.05) is 0 Å². The van der Waals surface area contributed by atoms with E-state index in [1.54, 1.807) is 5.32 Å². The van der Waals surface area contributed by atoms with E-state index < -0.39 is 36.4 Å². The van der Waals surface area contributed by atoms with Gasteiger partial charge in [-0.15, -0.1) is 0 Å². The molecule has 1 saturated heterocycles. The summed E-state index contributed by atoms with van der Waals surface area (Å²) in [5.74, 6) is -2.91. The second-order valence-corrected chi connectivity index (χ2v) is 4.09. The van der Waals surface area contributed by atoms with Crippen molar-refractivity contribution < 1.29 is 32.6 Å². The van der Waals surface area contributed by atoms with Crippen LogP contribution in [0.25, 0.3) is 0 Å². The van der Waals surface area contributed by atoms with Crippen molar-refractivity contribution in [2.75, 3.05) is 13.2 Å². The molecular weight excluding hydrogens is 255 g/mol. The van der Waals surface area contributed by atoms with Crippen LogP contribution in [0.5, 0.6) is 0 Å². The number of hydrogen-bond acceptors (Lipinski definition) is 3. The van der Waals surface area contributed by atoms with Crippen LogP contribution in [0, 0.1) is 5.92 Å². The van der Waals surface area contributed by atoms with Crippen LogP contribution in [0.1, 0.15) is 19.3 Å². The first-order valence-electron chi connectivity index (χ1n) is 5.47. The van der Waals surface area contributed by atoms with Crippen LogP contribution in [0.3, 0.4) is 0 Å². The molecule has 1 unspecified atom stereocenters. The normalized spacial score (nSPS) is 19.3. The predicted molar refractivity (Wildman–Crippen MR) is 53.8 cm³/mol. The summed E-state index contributed by atoms with van der Waals surface area (Å²) >= 11 is 0. The number of rotatable bonds is 4. The Morgan fingerprint density at radius 1 is 1.33 bits per heavy atom. The minimum atomic E-state index is -4.76. The van der Waals surface area contributed by atoms with Crippen molar-refractivity contribution >= 4 is 11.9 Å². The third-order valence-electron chi connectivity index (χ3n) is 2.68. The Morgan fingerprint density at radius 3 is 2.33 bits per heavy atom. The van der Waals surface area contributed by atoms with Gasteiger partial charge in [0.15, 0.2) is 0 Å². The summed E-state index contributed by atoms with van der Waals surface area (Å²) in [5, 5.41) is 10.2. The molecule has 0 aliphatic carbocycles. The number of halogens is 3. The lowest BCUT2D eigenvalue weighted by Crippen LogP contribution is -2.49. The molecule has 1 amide bonds. The lowest BCUT2D eigenvalue weighted by atomic mass is 9.98. The van der Waals surface area contributed by atoms with E-state index in [1.807, 2.05) is 0 Å². The van der Waals surface area contributed by atoms with Crippen LogP contribution >= 0.6 is 0 Å². The molecule has 0 aromatic heterocycles. The Labute approximate surface area is 101 Å². The summed E-state index contributed by atoms with van der Waals surface area (Å²) < 4.78 is 42.5. The monoisotopic (exact) mass is 269 g/mol. The Kier molecular flexibility index (Phi) is 4.94. The molecule has 1 aliphatic rings. The van der Waals surface area contributed by atoms with Crippen LogP contribution in [-0.2, 0) is 14.3 Å². The van der Waals surface area contributed by atoms with Crippen molar-refractivity contribution in [2.45, 2.75) is 31.5 Å². The number of carbonyl (C=O) groups excluding carboxylic acids is 1. The Bertz CT molecular complexity index is 313. The molecule has 0 radical (unpaired) electrons. The van der Waals surface area contributed by atoms with E-state index >= 15 is 0 Å². The zero-order valence-corrected chi connectivity index (χ0v) is 9.50. The van der Waals surface area contributed by atoms with Crippen molar-refractivity contribution in [1.82, 2.24) is 5.32 Å². The molecule has 1 rings (SSSR count). The quantitative estimate of drug-likeness (QED) is 0.796. The van der Waals surface area contributed by atoms with Gasteiger partial charge in [0, 0.05) is 19.1 Å². The largest absolute Gasteiger partial charge is 0.481 e. The van der Waals surface area contributed by atoms with Gasteiger partial charge < -0.3 is 15.2 Å². The number of nitrogens with one attached hydrogen (secondary N) is 1. The van der Waals surface area contributed by atoms with Crippen molar-refractivity contribution in [3.8, 4) is 0 Å². The molecule has 104 valence electrons. The molecular formula is C10H14F3NO4. The molecule has 2 N–H and O–H groups in total. The summed E-state index contributed by atoms with van der Waals surface area (Å²) in [7, 11) is 0. The number of hydrogen-bond donors (Lipinski definition) is 2. The molecule has 0 bridgehead atoms. The minimum absolute atomic E-state index is 0.327. The van der Waals surface area contributed by atoms with E-state index in [1.165, 1.54) is 0 Å². The highest BCUT2D eigenvalue weighted by Crippen LogP contribution is 2.24. The van der Waals surface area contributed by atoms with Crippen LogP contribution in [0.15, 0.2) is 0 Å². The van der Waals surface area contributed by atoms with Crippen LogP contribution in [0.4, 0.5) is 13.2 Å². The summed E-state index contributed by atoms with van der Waals surface area (Å²) in [6, 6.07) is -2.34. The number of amides is 1. The fourth-order valence-corrected chi connectivity index (χ4v) is 1.67. The fourth-order valence-electron chi connectivity index (χ4n) is 1.67. The maximum absolute atomic E-state index is 12.5. The van der Waals surface area contributed by atoms with Crippen molar-refractivity contribution in [1.29, 1.82) is 0 Å². The first kappa shape index (κ1) is 14.7. The van der Waals surface area contributed by atoms with Gasteiger partial charge in [0.05, 0.1) is 6.42 Å². The zero-order valence-electron chi connectivity index (χ0n) is 9.50. The van der Waals surface area contributed by atoms with Crippen LogP contribution in [-0.4, -0.2) is 42.4 Å². The zero-order chi connectivity index (χ0) is 13.8. The average Bonchev–Trinajstić information content (AvgIpc) is 2.27. The Balaban J connectivity index is 2.59. The number of carboxylic acid groups (broad SMARTS) is 1. The molecule has 0 saturated carbocycles. The number of carboxylic acids is 1. The smallest absolute Gasteiger partial charge is 0.409 e. The van der Waals surface area contributed by atoms with Gasteiger partial charge >= 0.3 is 12.1 Å². The number of aliphatic carboxylic acids is 1. The topological polar surface area (TPSA) is 75.6 Å². The van der Waals surface area contributed by atoms with Gasteiger partial charge in [0.2, 0.25) is 5.91 Å². The molecule has 1 heterocycles. The van der Waals surface area contributed by atoms with Gasteiger partial charge in [-0.25, -0.2) is 0 Å². The van der Waals surface area contributed by atoms with Gasteiger partial charge in [-0.05, 0) is 12.8 Å². The number of alkyl halides is 3. The van der Waals surface area contributed by atoms with E-state index in [2.05, 4.69) is 0 Å². The minimum Gasteiger partial charge on any atom is -0.481 e. The Morgan fingerprint density at radius 2 is 1.89 bits per heavy atom. The van der Waals surface area contributed by atoms with E-state index in [4.69, 9.17) is 9.84 Å². The molecule has 8 heteroatoms. The maximum atomic E-state index is 12.5. The van der Waals surface area contributed by atoms with Crippen molar-refractivity contribution in [3.05, 3.63) is 0 Å². The first-order valence-corrected chi connectivity index (χ1v) is 5.47. The third kappa shape index (κ3) is 4.52. The molecule has 5 nitrogen and oxygen atoms in total. The third-order valence-corrected chi connectivity index (χ3v) is 2.68. The standard InChI is InChI=1S/C10H14F3NO4/c11-10(12,13)7(5-8(15)16)14-9(17)6-1-3-18-4-2-6/h6-7H,1-5H2,(H,14,17)(H,15,16). The molecule has 1 fully saturated rings. The summed E-state index contributed by atoms with van der Waals surface area (Å²) in [6.45, 7) is 0.654. The molecule has 0 aromatic rings. The molecule has 0 spiro atoms. The highest BCUT2D eigenvalue weighted by atomic mass is 19.4. The van der Waals surface area contributed by atoms with E-state index in [-0.39, 0.29) is 0 Å². The maximum Gasteiger partial charge on any atom is 0.409 e. The average molecular weight is 269 g/mol. The van der Waals surface area contributed by atoms with Crippen molar-refractivity contribution in [2.24, 2.45) is 5.92 Å². The predicted octanol–water partition coefficient (Wildman–Crippen LogP) is 0.935. The first-order chi connectivity index (χ1) is 8.30. The summed E-state index contributed by atoms with van der Waals surface area (Å²) in [4.78, 5) is 21.9. The van der Waals surface area contributed by atoms with E-state index in [9.17, 15) is 22.8 Å². The highest BCUT2D eigenvalue weighted by Gasteiger charge is 2.42. The highest BCUT2D eigenvalue weighted by molar-refractivity contribution is 5.80. The fraction of sp³-hybridized carbons (Fsp3) is 0.800. The molecule has 0 aromatic carbocycles. The van der Waals surface area contributed by atoms with Gasteiger partial charge in [-0.3, -0.25) is 9.59 Å². The van der Waals surface area contributed by atoms with Crippen LogP contribution < -0.4 is 5.32 Å². The molecule has 1 aliphatic heterocycles. The second-order valence-electron chi connectivity index (χ2n) is 4.09. The molecule has 1 atom stereocenters. The van der Waals surface area contributed by atoms with Crippen molar-refractivity contribution in [3.63, 3.8) is 0 Å². The summed E-state index contributed by atoms with van der Waals surface area (Å²) in [5.41, 5.74) is 0. The summed E-state index contributed by atoms with van der Waals surface area (Å²) in [6.07, 6.45) is -5.23. The van der Waals surface area contributed by atoms with Gasteiger partial charge in [-0.2, -0.15) is 13.2 Å². The van der Waals surface area contributed by atoms with Crippen LogP contribution in [0.2, 0.25) is 0 Å². The SMILES string of the molecule is O=C(O)CC(NC(=O)C1CCOCC1)C(F)(F)F. The lowest BCUT2D eigenvalue weighted by Gasteiger charge is -2.25. The van der Waals surface area contributed by atoms with E-state index in [0.717, 1.165) is 0 Å². The molecule has 18 heavy (non-hydrogen) atoms. The number of carbonyl (C=O) groups is 2.